The van der Waals surface area contributed by atoms with Crippen molar-refractivity contribution >= 4 is 81.5 Å². The number of nitrogens with zero attached hydrogens (tertiary/aromatic N) is 2. The molecule has 0 saturated heterocycles. The molecule has 0 bridgehead atoms. The Labute approximate surface area is 261 Å². The van der Waals surface area contributed by atoms with Gasteiger partial charge in [-0.25, -0.2) is 9.59 Å². The highest BCUT2D eigenvalue weighted by atomic mass is 32.2. The average molecular weight is 639 g/mol. The Kier molecular flexibility index (Phi) is 8.01. The van der Waals surface area contributed by atoms with Crippen molar-refractivity contribution < 1.29 is 38.2 Å². The van der Waals surface area contributed by atoms with Crippen molar-refractivity contribution in [1.29, 1.82) is 0 Å². The number of rotatable bonds is 5. The maximum Gasteiger partial charge on any atom is 0.346 e. The Morgan fingerprint density at radius 1 is 0.860 bits per heavy atom. The topological polar surface area (TPSA) is 120 Å². The van der Waals surface area contributed by atoms with Crippen LogP contribution in [0.4, 0.5) is 5.69 Å². The number of imide groups is 1. The summed E-state index contributed by atoms with van der Waals surface area (Å²) >= 11 is 8.09. The molecular formula is C30H26N2O8S3. The van der Waals surface area contributed by atoms with Crippen LogP contribution in [0.15, 0.2) is 56.5 Å². The van der Waals surface area contributed by atoms with Crippen LogP contribution in [0.5, 0.6) is 5.75 Å². The van der Waals surface area contributed by atoms with Gasteiger partial charge in [0.2, 0.25) is 0 Å². The molecule has 0 aromatic heterocycles. The molecule has 3 aliphatic rings. The Hall–Kier alpha value is -3.94. The highest BCUT2D eigenvalue weighted by Crippen LogP contribution is 2.56. The molecule has 0 unspecified atom stereocenters. The van der Waals surface area contributed by atoms with E-state index in [-0.39, 0.29) is 20.9 Å². The van der Waals surface area contributed by atoms with E-state index in [4.69, 9.17) is 26.4 Å². The summed E-state index contributed by atoms with van der Waals surface area (Å²) in [5.74, 6) is -2.55. The van der Waals surface area contributed by atoms with Crippen molar-refractivity contribution in [2.24, 2.45) is 0 Å². The standard InChI is InChI=1S/C30H26N2O8S3/c1-14(31-25(34)16-9-7-8-10-17(16)26(31)35)24(33)32-19-12-11-15(38-4)13-18(19)20(23(41)30(32,2)3)29-42-21(27(36)39-5)22(43-29)28(37)40-6/h7-14H,1-6H3/t14-/m1/s1. The Morgan fingerprint density at radius 3 is 1.88 bits per heavy atom. The summed E-state index contributed by atoms with van der Waals surface area (Å²) in [5.41, 5.74) is 0.817. The van der Waals surface area contributed by atoms with E-state index in [2.05, 4.69) is 0 Å². The summed E-state index contributed by atoms with van der Waals surface area (Å²) in [6.45, 7) is 5.03. The fraction of sp³-hybridized carbons (Fsp3) is 0.267. The number of ether oxygens (including phenoxy) is 3. The molecule has 5 rings (SSSR count). The first kappa shape index (κ1) is 30.5. The number of thiocarbonyl (C=S) groups is 1. The highest BCUT2D eigenvalue weighted by molar-refractivity contribution is 8.29. The van der Waals surface area contributed by atoms with Gasteiger partial charge in [0.05, 0.1) is 52.8 Å². The summed E-state index contributed by atoms with van der Waals surface area (Å²) in [5, 5.41) is 0. The van der Waals surface area contributed by atoms with Crippen LogP contribution >= 0.6 is 35.7 Å². The minimum absolute atomic E-state index is 0.0599. The molecule has 13 heteroatoms. The molecular weight excluding hydrogens is 613 g/mol. The summed E-state index contributed by atoms with van der Waals surface area (Å²) < 4.78 is 15.8. The highest BCUT2D eigenvalue weighted by Gasteiger charge is 2.50. The third-order valence-corrected chi connectivity index (χ3v) is 10.6. The summed E-state index contributed by atoms with van der Waals surface area (Å²) in [6, 6.07) is 10.4. The molecule has 3 aliphatic heterocycles. The van der Waals surface area contributed by atoms with Crippen LogP contribution in [0.3, 0.4) is 0 Å². The third-order valence-electron chi connectivity index (χ3n) is 7.39. The van der Waals surface area contributed by atoms with E-state index in [9.17, 15) is 24.0 Å². The van der Waals surface area contributed by atoms with Crippen molar-refractivity contribution in [3.63, 3.8) is 0 Å². The van der Waals surface area contributed by atoms with Crippen molar-refractivity contribution in [3.8, 4) is 5.75 Å². The molecule has 0 N–H and O–H groups in total. The summed E-state index contributed by atoms with van der Waals surface area (Å²) in [4.78, 5) is 68.9. The third kappa shape index (κ3) is 4.75. The zero-order chi connectivity index (χ0) is 31.4. The Balaban J connectivity index is 1.63. The van der Waals surface area contributed by atoms with E-state index < -0.39 is 41.2 Å². The number of hydrogen-bond acceptors (Lipinski definition) is 11. The quantitative estimate of drug-likeness (QED) is 0.198. The molecule has 0 fully saturated rings. The van der Waals surface area contributed by atoms with Crippen molar-refractivity contribution in [2.45, 2.75) is 32.4 Å². The number of anilines is 1. The molecule has 43 heavy (non-hydrogen) atoms. The average Bonchev–Trinajstić information content (AvgIpc) is 3.55. The predicted octanol–water partition coefficient (Wildman–Crippen LogP) is 4.58. The first-order valence-electron chi connectivity index (χ1n) is 12.9. The molecule has 0 aliphatic carbocycles. The van der Waals surface area contributed by atoms with E-state index >= 15 is 0 Å². The molecule has 0 spiro atoms. The minimum atomic E-state index is -1.16. The number of amides is 3. The van der Waals surface area contributed by atoms with E-state index in [0.717, 1.165) is 28.4 Å². The van der Waals surface area contributed by atoms with Crippen molar-refractivity contribution in [2.75, 3.05) is 26.2 Å². The van der Waals surface area contributed by atoms with Crippen molar-refractivity contribution in [1.82, 2.24) is 4.90 Å². The van der Waals surface area contributed by atoms with Gasteiger partial charge in [0, 0.05) is 11.1 Å². The number of carbonyl (C=O) groups is 5. The molecule has 3 heterocycles. The lowest BCUT2D eigenvalue weighted by atomic mass is 9.82. The van der Waals surface area contributed by atoms with Gasteiger partial charge in [0.25, 0.3) is 17.7 Å². The smallest absolute Gasteiger partial charge is 0.346 e. The Morgan fingerprint density at radius 2 is 1.40 bits per heavy atom. The second-order valence-corrected chi connectivity index (χ2v) is 12.9. The molecule has 10 nitrogen and oxygen atoms in total. The van der Waals surface area contributed by atoms with Crippen LogP contribution in [0.25, 0.3) is 5.57 Å². The Bertz CT molecular complexity index is 1650. The van der Waals surface area contributed by atoms with Gasteiger partial charge in [0.1, 0.15) is 21.6 Å². The number of hydrogen-bond donors (Lipinski definition) is 0. The summed E-state index contributed by atoms with van der Waals surface area (Å²) in [7, 11) is 3.93. The SMILES string of the molecule is COC(=O)C1=C(C(=O)OC)SC(=C2C(=S)C(C)(C)N(C(=O)[C@@H](C)N3C(=O)c4ccccc4C3=O)c3ccc(OC)cc32)S1. The van der Waals surface area contributed by atoms with Crippen LogP contribution in [-0.2, 0) is 23.9 Å². The summed E-state index contributed by atoms with van der Waals surface area (Å²) in [6.07, 6.45) is 0. The second-order valence-electron chi connectivity index (χ2n) is 10.2. The molecule has 1 atom stereocenters. The van der Waals surface area contributed by atoms with Gasteiger partial charge < -0.3 is 14.2 Å². The van der Waals surface area contributed by atoms with Gasteiger partial charge >= 0.3 is 11.9 Å². The van der Waals surface area contributed by atoms with Gasteiger partial charge in [-0.05, 0) is 51.1 Å². The van der Waals surface area contributed by atoms with E-state index in [1.54, 1.807) is 56.3 Å². The lowest BCUT2D eigenvalue weighted by Crippen LogP contribution is -2.60. The van der Waals surface area contributed by atoms with Crippen LogP contribution in [-0.4, -0.2) is 72.3 Å². The van der Waals surface area contributed by atoms with E-state index in [1.165, 1.54) is 33.2 Å². The molecule has 3 amide bonds. The maximum atomic E-state index is 14.3. The molecule has 0 radical (unpaired) electrons. The molecule has 2 aromatic rings. The van der Waals surface area contributed by atoms with Gasteiger partial charge in [-0.2, -0.15) is 0 Å². The number of carbonyl (C=O) groups excluding carboxylic acids is 5. The largest absolute Gasteiger partial charge is 0.497 e. The van der Waals surface area contributed by atoms with Crippen LogP contribution < -0.4 is 9.64 Å². The number of methoxy groups -OCH3 is 3. The fourth-order valence-electron chi connectivity index (χ4n) is 5.18. The number of thioether (sulfide) groups is 2. The second kappa shape index (κ2) is 11.3. The normalized spacial score (nSPS) is 18.0. The first-order valence-corrected chi connectivity index (χ1v) is 15.0. The van der Waals surface area contributed by atoms with Gasteiger partial charge in [0.15, 0.2) is 0 Å². The van der Waals surface area contributed by atoms with Gasteiger partial charge in [-0.3, -0.25) is 24.2 Å². The lowest BCUT2D eigenvalue weighted by Gasteiger charge is -2.46. The van der Waals surface area contributed by atoms with Gasteiger partial charge in [-0.1, -0.05) is 47.9 Å². The number of esters is 2. The lowest BCUT2D eigenvalue weighted by molar-refractivity contribution is -0.138. The fourth-order valence-corrected chi connectivity index (χ4v) is 8.21. The molecule has 0 saturated carbocycles. The predicted molar refractivity (Wildman–Crippen MR) is 167 cm³/mol. The van der Waals surface area contributed by atoms with Crippen molar-refractivity contribution in [3.05, 3.63) is 73.2 Å². The van der Waals surface area contributed by atoms with Crippen LogP contribution in [0.2, 0.25) is 0 Å². The maximum absolute atomic E-state index is 14.3. The zero-order valence-electron chi connectivity index (χ0n) is 24.0. The van der Waals surface area contributed by atoms with Gasteiger partial charge in [-0.15, -0.1) is 0 Å². The molecule has 2 aromatic carbocycles. The monoisotopic (exact) mass is 638 g/mol. The molecule has 222 valence electrons. The van der Waals surface area contributed by atoms with E-state index in [0.29, 0.717) is 31.7 Å². The number of fused-ring (bicyclic) bond motifs is 2. The van der Waals surface area contributed by atoms with Crippen LogP contribution in [0, 0.1) is 0 Å². The zero-order valence-corrected chi connectivity index (χ0v) is 26.5. The minimum Gasteiger partial charge on any atom is -0.497 e. The van der Waals surface area contributed by atoms with E-state index in [1.807, 2.05) is 0 Å². The number of benzene rings is 2. The first-order chi connectivity index (χ1) is 20.4. The van der Waals surface area contributed by atoms with Crippen LogP contribution in [0.1, 0.15) is 47.1 Å².